The largest absolute Gasteiger partial charge is 0.334 e. The summed E-state index contributed by atoms with van der Waals surface area (Å²) in [5, 5.41) is 5.15. The SMILES string of the molecule is Cc1ccc(N(c2ccc(-c3ccccc3)cc2)C2C=CC(c3ccccc3-n3c4ccccc4c4c5ccccc5ccc43)=CC2)cc1. The number of rotatable bonds is 6. The molecule has 0 spiro atoms. The van der Waals surface area contributed by atoms with E-state index in [0.717, 1.165) is 6.42 Å². The van der Waals surface area contributed by atoms with Gasteiger partial charge in [-0.25, -0.2) is 0 Å². The van der Waals surface area contributed by atoms with Crippen LogP contribution in [0.5, 0.6) is 0 Å². The van der Waals surface area contributed by atoms with E-state index in [2.05, 4.69) is 198 Å². The van der Waals surface area contributed by atoms with E-state index >= 15 is 0 Å². The lowest BCUT2D eigenvalue weighted by atomic mass is 9.94. The first kappa shape index (κ1) is 29.1. The minimum Gasteiger partial charge on any atom is -0.334 e. The van der Waals surface area contributed by atoms with Crippen LogP contribution in [0, 0.1) is 6.92 Å². The summed E-state index contributed by atoms with van der Waals surface area (Å²) in [7, 11) is 0. The van der Waals surface area contributed by atoms with Gasteiger partial charge >= 0.3 is 0 Å². The van der Waals surface area contributed by atoms with E-state index in [-0.39, 0.29) is 6.04 Å². The van der Waals surface area contributed by atoms with Crippen LogP contribution >= 0.6 is 0 Å². The second kappa shape index (κ2) is 12.2. The Kier molecular flexibility index (Phi) is 7.21. The molecule has 0 aliphatic heterocycles. The molecule has 0 N–H and O–H groups in total. The summed E-state index contributed by atoms with van der Waals surface area (Å²) in [6.45, 7) is 2.15. The van der Waals surface area contributed by atoms with Gasteiger partial charge in [-0.1, -0.05) is 145 Å². The van der Waals surface area contributed by atoms with Gasteiger partial charge in [-0.05, 0) is 83.3 Å². The molecule has 0 fully saturated rings. The fraction of sp³-hybridized carbons (Fsp3) is 0.0638. The third-order valence-electron chi connectivity index (χ3n) is 9.99. The maximum Gasteiger partial charge on any atom is 0.0560 e. The van der Waals surface area contributed by atoms with E-state index in [0.29, 0.717) is 0 Å². The van der Waals surface area contributed by atoms with Gasteiger partial charge in [0.2, 0.25) is 0 Å². The molecule has 0 amide bonds. The molecule has 7 aromatic carbocycles. The van der Waals surface area contributed by atoms with E-state index in [9.17, 15) is 0 Å². The summed E-state index contributed by atoms with van der Waals surface area (Å²) < 4.78 is 2.46. The lowest BCUT2D eigenvalue weighted by molar-refractivity contribution is 0.787. The van der Waals surface area contributed by atoms with Gasteiger partial charge < -0.3 is 9.47 Å². The predicted molar refractivity (Wildman–Crippen MR) is 209 cm³/mol. The topological polar surface area (TPSA) is 8.17 Å². The maximum absolute atomic E-state index is 2.47. The average molecular weight is 629 g/mol. The first-order valence-electron chi connectivity index (χ1n) is 17.1. The zero-order valence-corrected chi connectivity index (χ0v) is 27.5. The Hall–Kier alpha value is -6.12. The predicted octanol–water partition coefficient (Wildman–Crippen LogP) is 12.5. The van der Waals surface area contributed by atoms with Crippen LogP contribution in [0.3, 0.4) is 0 Å². The van der Waals surface area contributed by atoms with Crippen molar-refractivity contribution in [1.29, 1.82) is 0 Å². The lowest BCUT2D eigenvalue weighted by Crippen LogP contribution is -2.30. The molecule has 2 heteroatoms. The number of allylic oxidation sites excluding steroid dienone is 2. The standard InChI is InChI=1S/C47H36N2/c1-33-19-26-38(27-20-33)48(39-28-21-35(22-29-39)34-11-3-2-4-12-34)40-30-23-37(24-31-40)41-14-7-9-17-44(41)49-45-18-10-8-16-43(45)47-42-15-6-5-13-36(42)25-32-46(47)49/h2-30,32,40H,31H2,1H3. The van der Waals surface area contributed by atoms with Crippen molar-refractivity contribution in [1.82, 2.24) is 4.57 Å². The number of aromatic nitrogens is 1. The monoisotopic (exact) mass is 628 g/mol. The van der Waals surface area contributed by atoms with Crippen LogP contribution in [0.15, 0.2) is 182 Å². The molecular weight excluding hydrogens is 593 g/mol. The first-order valence-corrected chi connectivity index (χ1v) is 17.1. The number of para-hydroxylation sites is 2. The zero-order chi connectivity index (χ0) is 32.7. The number of hydrogen-bond donors (Lipinski definition) is 0. The van der Waals surface area contributed by atoms with Crippen molar-refractivity contribution in [2.75, 3.05) is 4.90 Å². The minimum atomic E-state index is 0.181. The Bertz CT molecular complexity index is 2520. The lowest BCUT2D eigenvalue weighted by Gasteiger charge is -2.33. The van der Waals surface area contributed by atoms with E-state index < -0.39 is 0 Å². The highest BCUT2D eigenvalue weighted by Gasteiger charge is 2.23. The summed E-state index contributed by atoms with van der Waals surface area (Å²) in [5.41, 5.74) is 12.3. The van der Waals surface area contributed by atoms with Gasteiger partial charge in [0.15, 0.2) is 0 Å². The summed E-state index contributed by atoms with van der Waals surface area (Å²) in [4.78, 5) is 2.47. The van der Waals surface area contributed by atoms with Crippen molar-refractivity contribution >= 4 is 49.5 Å². The van der Waals surface area contributed by atoms with Crippen LogP contribution in [0.25, 0.3) is 55.0 Å². The maximum atomic E-state index is 2.47. The summed E-state index contributed by atoms with van der Waals surface area (Å²) in [5.74, 6) is 0. The van der Waals surface area contributed by atoms with Crippen LogP contribution in [-0.2, 0) is 0 Å². The Morgan fingerprint density at radius 2 is 1.20 bits per heavy atom. The van der Waals surface area contributed by atoms with Gasteiger partial charge in [0.1, 0.15) is 0 Å². The van der Waals surface area contributed by atoms with Gasteiger partial charge in [-0.3, -0.25) is 0 Å². The van der Waals surface area contributed by atoms with Crippen molar-refractivity contribution in [2.24, 2.45) is 0 Å². The van der Waals surface area contributed by atoms with Crippen molar-refractivity contribution in [3.05, 3.63) is 193 Å². The molecule has 1 heterocycles. The first-order chi connectivity index (χ1) is 24.2. The second-order valence-corrected chi connectivity index (χ2v) is 13.0. The number of benzene rings is 7. The molecule has 1 aliphatic rings. The van der Waals surface area contributed by atoms with Gasteiger partial charge in [0.05, 0.1) is 22.8 Å². The van der Waals surface area contributed by atoms with Gasteiger partial charge in [0.25, 0.3) is 0 Å². The molecule has 9 rings (SSSR count). The third-order valence-corrected chi connectivity index (χ3v) is 9.99. The molecule has 1 unspecified atom stereocenters. The Morgan fingerprint density at radius 1 is 0.551 bits per heavy atom. The molecular formula is C47H36N2. The Labute approximate surface area is 287 Å². The molecule has 1 aliphatic carbocycles. The third kappa shape index (κ3) is 5.14. The highest BCUT2D eigenvalue weighted by molar-refractivity contribution is 6.21. The van der Waals surface area contributed by atoms with Gasteiger partial charge in [-0.15, -0.1) is 0 Å². The molecule has 1 aromatic heterocycles. The van der Waals surface area contributed by atoms with Crippen molar-refractivity contribution in [3.63, 3.8) is 0 Å². The molecule has 2 nitrogen and oxygen atoms in total. The second-order valence-electron chi connectivity index (χ2n) is 13.0. The Morgan fingerprint density at radius 3 is 1.98 bits per heavy atom. The van der Waals surface area contributed by atoms with Crippen LogP contribution in [-0.4, -0.2) is 10.6 Å². The zero-order valence-electron chi connectivity index (χ0n) is 27.5. The number of nitrogens with zero attached hydrogens (tertiary/aromatic N) is 2. The smallest absolute Gasteiger partial charge is 0.0560 e. The molecule has 1 atom stereocenters. The van der Waals surface area contributed by atoms with Crippen LogP contribution in [0.2, 0.25) is 0 Å². The van der Waals surface area contributed by atoms with Crippen LogP contribution in [0.1, 0.15) is 17.5 Å². The number of anilines is 2. The highest BCUT2D eigenvalue weighted by Crippen LogP contribution is 2.40. The van der Waals surface area contributed by atoms with E-state index in [1.165, 1.54) is 77.5 Å². The molecule has 0 saturated carbocycles. The van der Waals surface area contributed by atoms with Crippen LogP contribution < -0.4 is 4.90 Å². The number of hydrogen-bond acceptors (Lipinski definition) is 1. The fourth-order valence-corrected chi connectivity index (χ4v) is 7.59. The van der Waals surface area contributed by atoms with E-state index in [1.807, 2.05) is 0 Å². The molecule has 49 heavy (non-hydrogen) atoms. The number of aryl methyl sites for hydroxylation is 1. The van der Waals surface area contributed by atoms with Gasteiger partial charge in [-0.2, -0.15) is 0 Å². The molecule has 0 bridgehead atoms. The quantitative estimate of drug-likeness (QED) is 0.178. The highest BCUT2D eigenvalue weighted by atomic mass is 15.2. The normalized spacial score (nSPS) is 14.4. The summed E-state index contributed by atoms with van der Waals surface area (Å²) >= 11 is 0. The molecule has 0 radical (unpaired) electrons. The van der Waals surface area contributed by atoms with Gasteiger partial charge in [0, 0.05) is 27.7 Å². The van der Waals surface area contributed by atoms with Crippen LogP contribution in [0.4, 0.5) is 11.4 Å². The van der Waals surface area contributed by atoms with E-state index in [1.54, 1.807) is 0 Å². The summed E-state index contributed by atoms with van der Waals surface area (Å²) in [6.07, 6.45) is 8.03. The average Bonchev–Trinajstić information content (AvgIpc) is 3.51. The fourth-order valence-electron chi connectivity index (χ4n) is 7.59. The molecule has 8 aromatic rings. The minimum absolute atomic E-state index is 0.181. The number of fused-ring (bicyclic) bond motifs is 5. The molecule has 234 valence electrons. The molecule has 0 saturated heterocycles. The summed E-state index contributed by atoms with van der Waals surface area (Å²) in [6, 6.07) is 59.7. The Balaban J connectivity index is 1.11. The van der Waals surface area contributed by atoms with E-state index in [4.69, 9.17) is 0 Å². The van der Waals surface area contributed by atoms with Crippen molar-refractivity contribution in [3.8, 4) is 16.8 Å². The van der Waals surface area contributed by atoms with Crippen molar-refractivity contribution in [2.45, 2.75) is 19.4 Å². The van der Waals surface area contributed by atoms with Crippen molar-refractivity contribution < 1.29 is 0 Å².